The Morgan fingerprint density at radius 2 is 2.12 bits per heavy atom. The smallest absolute Gasteiger partial charge is 0.231 e. The number of ether oxygens (including phenoxy) is 2. The predicted octanol–water partition coefficient (Wildman–Crippen LogP) is 2.73. The van der Waals surface area contributed by atoms with Crippen LogP contribution in [-0.2, 0) is 11.3 Å². The summed E-state index contributed by atoms with van der Waals surface area (Å²) >= 11 is 3.50. The SMILES string of the molecule is CC(C)c1c(CCON)cc(Br)c2c1OCO2. The van der Waals surface area contributed by atoms with Crippen LogP contribution in [0.15, 0.2) is 10.5 Å². The van der Waals surface area contributed by atoms with Crippen molar-refractivity contribution in [2.75, 3.05) is 13.4 Å². The van der Waals surface area contributed by atoms with Crippen LogP contribution in [0.25, 0.3) is 0 Å². The van der Waals surface area contributed by atoms with E-state index in [0.717, 1.165) is 22.4 Å². The molecule has 0 aromatic heterocycles. The molecule has 4 nitrogen and oxygen atoms in total. The fourth-order valence-corrected chi connectivity index (χ4v) is 2.68. The van der Waals surface area contributed by atoms with Gasteiger partial charge in [-0.05, 0) is 39.9 Å². The summed E-state index contributed by atoms with van der Waals surface area (Å²) in [5.74, 6) is 7.10. The maximum Gasteiger partial charge on any atom is 0.231 e. The van der Waals surface area contributed by atoms with E-state index in [1.54, 1.807) is 0 Å². The summed E-state index contributed by atoms with van der Waals surface area (Å²) in [5.41, 5.74) is 2.36. The average Bonchev–Trinajstić information content (AvgIpc) is 2.74. The van der Waals surface area contributed by atoms with E-state index in [-0.39, 0.29) is 6.79 Å². The molecule has 1 aromatic rings. The molecule has 0 bridgehead atoms. The highest BCUT2D eigenvalue weighted by Gasteiger charge is 2.25. The van der Waals surface area contributed by atoms with Gasteiger partial charge in [0.25, 0.3) is 0 Å². The molecule has 0 aliphatic carbocycles. The number of benzene rings is 1. The highest BCUT2D eigenvalue weighted by atomic mass is 79.9. The number of fused-ring (bicyclic) bond motifs is 1. The summed E-state index contributed by atoms with van der Waals surface area (Å²) in [7, 11) is 0. The first kappa shape index (κ1) is 12.7. The molecule has 5 heteroatoms. The lowest BCUT2D eigenvalue weighted by Crippen LogP contribution is -2.07. The van der Waals surface area contributed by atoms with Crippen LogP contribution >= 0.6 is 15.9 Å². The Labute approximate surface area is 109 Å². The van der Waals surface area contributed by atoms with Gasteiger partial charge in [-0.15, -0.1) is 0 Å². The second kappa shape index (κ2) is 5.25. The summed E-state index contributed by atoms with van der Waals surface area (Å²) in [6.45, 7) is 5.05. The van der Waals surface area contributed by atoms with Crippen LogP contribution in [0.1, 0.15) is 30.9 Å². The molecule has 1 aliphatic heterocycles. The molecule has 0 saturated carbocycles. The first-order valence-corrected chi connectivity index (χ1v) is 6.37. The molecule has 0 spiro atoms. The van der Waals surface area contributed by atoms with Crippen molar-refractivity contribution in [3.05, 3.63) is 21.7 Å². The van der Waals surface area contributed by atoms with Gasteiger partial charge in [-0.1, -0.05) is 13.8 Å². The zero-order valence-electron chi connectivity index (χ0n) is 9.96. The molecule has 0 atom stereocenters. The van der Waals surface area contributed by atoms with Crippen molar-refractivity contribution < 1.29 is 14.3 Å². The third-order valence-corrected chi connectivity index (χ3v) is 3.38. The van der Waals surface area contributed by atoms with Crippen LogP contribution in [0.3, 0.4) is 0 Å². The highest BCUT2D eigenvalue weighted by molar-refractivity contribution is 9.10. The van der Waals surface area contributed by atoms with E-state index in [4.69, 9.17) is 15.4 Å². The summed E-state index contributed by atoms with van der Waals surface area (Å²) in [6.07, 6.45) is 0.763. The molecule has 1 aliphatic rings. The normalized spacial score (nSPS) is 13.5. The van der Waals surface area contributed by atoms with E-state index in [9.17, 15) is 0 Å². The summed E-state index contributed by atoms with van der Waals surface area (Å²) in [6, 6.07) is 2.06. The van der Waals surface area contributed by atoms with Gasteiger partial charge in [0.1, 0.15) is 0 Å². The lowest BCUT2D eigenvalue weighted by molar-refractivity contribution is 0.141. The van der Waals surface area contributed by atoms with Crippen molar-refractivity contribution in [3.8, 4) is 11.5 Å². The van der Waals surface area contributed by atoms with Gasteiger partial charge in [-0.25, -0.2) is 5.90 Å². The fourth-order valence-electron chi connectivity index (χ4n) is 2.11. The van der Waals surface area contributed by atoms with Gasteiger partial charge in [-0.3, -0.25) is 0 Å². The molecule has 0 radical (unpaired) electrons. The molecule has 1 aromatic carbocycles. The van der Waals surface area contributed by atoms with Crippen LogP contribution in [0.5, 0.6) is 11.5 Å². The molecular formula is C12H16BrNO3. The molecule has 0 unspecified atom stereocenters. The Morgan fingerprint density at radius 3 is 2.76 bits per heavy atom. The number of rotatable bonds is 4. The Morgan fingerprint density at radius 1 is 1.41 bits per heavy atom. The van der Waals surface area contributed by atoms with Crippen molar-refractivity contribution in [1.82, 2.24) is 0 Å². The minimum atomic E-state index is 0.282. The monoisotopic (exact) mass is 301 g/mol. The average molecular weight is 302 g/mol. The summed E-state index contributed by atoms with van der Waals surface area (Å²) < 4.78 is 11.9. The molecule has 2 N–H and O–H groups in total. The second-order valence-corrected chi connectivity index (χ2v) is 5.13. The van der Waals surface area contributed by atoms with Crippen molar-refractivity contribution in [2.45, 2.75) is 26.2 Å². The molecule has 0 fully saturated rings. The van der Waals surface area contributed by atoms with Gasteiger partial charge in [0.05, 0.1) is 11.1 Å². The third-order valence-electron chi connectivity index (χ3n) is 2.79. The Hall–Kier alpha value is -0.780. The summed E-state index contributed by atoms with van der Waals surface area (Å²) in [5, 5.41) is 0. The number of nitrogens with two attached hydrogens (primary N) is 1. The lowest BCUT2D eigenvalue weighted by atomic mass is 9.94. The Bertz CT molecular complexity index is 421. The number of hydrogen-bond acceptors (Lipinski definition) is 4. The zero-order valence-corrected chi connectivity index (χ0v) is 11.5. The van der Waals surface area contributed by atoms with E-state index < -0.39 is 0 Å². The minimum absolute atomic E-state index is 0.282. The molecule has 0 saturated heterocycles. The molecular weight excluding hydrogens is 286 g/mol. The first-order chi connectivity index (χ1) is 8.15. The van der Waals surface area contributed by atoms with E-state index in [1.807, 2.05) is 0 Å². The fraction of sp³-hybridized carbons (Fsp3) is 0.500. The number of halogens is 1. The molecule has 94 valence electrons. The van der Waals surface area contributed by atoms with Crippen molar-refractivity contribution in [1.29, 1.82) is 0 Å². The van der Waals surface area contributed by atoms with Crippen LogP contribution in [0, 0.1) is 0 Å². The molecule has 2 rings (SSSR count). The van der Waals surface area contributed by atoms with Gasteiger partial charge >= 0.3 is 0 Å². The van der Waals surface area contributed by atoms with E-state index >= 15 is 0 Å². The van der Waals surface area contributed by atoms with Gasteiger partial charge in [-0.2, -0.15) is 0 Å². The number of hydrogen-bond donors (Lipinski definition) is 1. The quantitative estimate of drug-likeness (QED) is 0.869. The van der Waals surface area contributed by atoms with E-state index in [0.29, 0.717) is 12.5 Å². The maximum absolute atomic E-state index is 5.57. The first-order valence-electron chi connectivity index (χ1n) is 5.57. The Balaban J connectivity index is 2.47. The van der Waals surface area contributed by atoms with Crippen LogP contribution in [0.4, 0.5) is 0 Å². The van der Waals surface area contributed by atoms with Crippen LogP contribution in [-0.4, -0.2) is 13.4 Å². The van der Waals surface area contributed by atoms with Crippen molar-refractivity contribution in [3.63, 3.8) is 0 Å². The van der Waals surface area contributed by atoms with Crippen molar-refractivity contribution in [2.24, 2.45) is 5.90 Å². The maximum atomic E-state index is 5.57. The summed E-state index contributed by atoms with van der Waals surface area (Å²) in [4.78, 5) is 4.65. The van der Waals surface area contributed by atoms with E-state index in [1.165, 1.54) is 11.1 Å². The molecule has 0 amide bonds. The van der Waals surface area contributed by atoms with Gasteiger partial charge in [0.15, 0.2) is 11.5 Å². The van der Waals surface area contributed by atoms with Gasteiger partial charge in [0.2, 0.25) is 6.79 Å². The van der Waals surface area contributed by atoms with Crippen LogP contribution in [0.2, 0.25) is 0 Å². The standard InChI is InChI=1S/C12H16BrNO3/c1-7(2)10-8(3-4-17-14)5-9(13)11-12(10)16-6-15-11/h5,7H,3-4,6,14H2,1-2H3. The zero-order chi connectivity index (χ0) is 12.4. The van der Waals surface area contributed by atoms with Crippen molar-refractivity contribution >= 4 is 15.9 Å². The van der Waals surface area contributed by atoms with E-state index in [2.05, 4.69) is 40.7 Å². The largest absolute Gasteiger partial charge is 0.453 e. The molecule has 17 heavy (non-hydrogen) atoms. The van der Waals surface area contributed by atoms with Gasteiger partial charge < -0.3 is 14.3 Å². The van der Waals surface area contributed by atoms with Gasteiger partial charge in [0, 0.05) is 5.56 Å². The predicted molar refractivity (Wildman–Crippen MR) is 68.2 cm³/mol. The second-order valence-electron chi connectivity index (χ2n) is 4.27. The molecule has 1 heterocycles. The third kappa shape index (κ3) is 2.41. The van der Waals surface area contributed by atoms with Crippen LogP contribution < -0.4 is 15.4 Å². The Kier molecular flexibility index (Phi) is 3.91. The highest BCUT2D eigenvalue weighted by Crippen LogP contribution is 2.46. The topological polar surface area (TPSA) is 53.7 Å². The minimum Gasteiger partial charge on any atom is -0.453 e. The lowest BCUT2D eigenvalue weighted by Gasteiger charge is -2.16.